The Hall–Kier alpha value is -4.10. The van der Waals surface area contributed by atoms with E-state index in [1.807, 2.05) is 48.5 Å². The molecule has 3 aromatic carbocycles. The molecule has 0 bridgehead atoms. The van der Waals surface area contributed by atoms with E-state index in [2.05, 4.69) is 4.98 Å². The minimum Gasteiger partial charge on any atom is -0.465 e. The van der Waals surface area contributed by atoms with Crippen LogP contribution in [0.4, 0.5) is 0 Å². The van der Waals surface area contributed by atoms with Crippen molar-refractivity contribution in [2.45, 2.75) is 25.0 Å². The molecule has 1 N–H and O–H groups in total. The SMILES string of the molecule is COC(=O)c1ccc([C@@H]2c3[nH]c4ccccc4c3C[C@H]3C(=O)N(Cc4ccc(Cl)cc4)CC(=O)N23)cc1. The molecule has 1 aromatic heterocycles. The topological polar surface area (TPSA) is 82.7 Å². The third-order valence-electron chi connectivity index (χ3n) is 7.28. The van der Waals surface area contributed by atoms with Gasteiger partial charge < -0.3 is 19.5 Å². The lowest BCUT2D eigenvalue weighted by Crippen LogP contribution is -2.62. The summed E-state index contributed by atoms with van der Waals surface area (Å²) in [6, 6.07) is 21.2. The molecule has 4 aromatic rings. The summed E-state index contributed by atoms with van der Waals surface area (Å²) >= 11 is 6.02. The van der Waals surface area contributed by atoms with Crippen LogP contribution in [0, 0.1) is 0 Å². The summed E-state index contributed by atoms with van der Waals surface area (Å²) in [7, 11) is 1.34. The third-order valence-corrected chi connectivity index (χ3v) is 7.53. The summed E-state index contributed by atoms with van der Waals surface area (Å²) < 4.78 is 4.83. The number of benzene rings is 3. The molecule has 2 aliphatic heterocycles. The number of carbonyl (C=O) groups is 3. The summed E-state index contributed by atoms with van der Waals surface area (Å²) in [4.78, 5) is 46.4. The van der Waals surface area contributed by atoms with Gasteiger partial charge >= 0.3 is 5.97 Å². The van der Waals surface area contributed by atoms with Crippen LogP contribution in [0.1, 0.15) is 38.8 Å². The molecule has 0 saturated carbocycles. The van der Waals surface area contributed by atoms with Gasteiger partial charge in [0, 0.05) is 34.6 Å². The van der Waals surface area contributed by atoms with Crippen molar-refractivity contribution in [1.82, 2.24) is 14.8 Å². The maximum Gasteiger partial charge on any atom is 0.337 e. The number of methoxy groups -OCH3 is 1. The Morgan fingerprint density at radius 1 is 1.03 bits per heavy atom. The van der Waals surface area contributed by atoms with Gasteiger partial charge in [-0.2, -0.15) is 0 Å². The van der Waals surface area contributed by atoms with Crippen molar-refractivity contribution >= 4 is 40.3 Å². The number of ether oxygens (including phenoxy) is 1. The van der Waals surface area contributed by atoms with Crippen LogP contribution in [0.15, 0.2) is 72.8 Å². The van der Waals surface area contributed by atoms with Crippen molar-refractivity contribution in [1.29, 1.82) is 0 Å². The van der Waals surface area contributed by atoms with Gasteiger partial charge in [-0.15, -0.1) is 0 Å². The number of hydrogen-bond donors (Lipinski definition) is 1. The summed E-state index contributed by atoms with van der Waals surface area (Å²) in [5, 5.41) is 1.67. The number of aromatic amines is 1. The van der Waals surface area contributed by atoms with Crippen molar-refractivity contribution < 1.29 is 19.1 Å². The van der Waals surface area contributed by atoms with Gasteiger partial charge in [-0.25, -0.2) is 4.79 Å². The number of esters is 1. The predicted octanol–water partition coefficient (Wildman–Crippen LogP) is 4.49. The van der Waals surface area contributed by atoms with E-state index in [-0.39, 0.29) is 18.4 Å². The average molecular weight is 514 g/mol. The second kappa shape index (κ2) is 9.09. The van der Waals surface area contributed by atoms with E-state index in [9.17, 15) is 14.4 Å². The van der Waals surface area contributed by atoms with Gasteiger partial charge in [0.25, 0.3) is 0 Å². The number of H-pyrrole nitrogens is 1. The number of aromatic nitrogens is 1. The smallest absolute Gasteiger partial charge is 0.337 e. The van der Waals surface area contributed by atoms with Crippen molar-refractivity contribution in [3.63, 3.8) is 0 Å². The van der Waals surface area contributed by atoms with Gasteiger partial charge in [0.15, 0.2) is 0 Å². The second-order valence-corrected chi connectivity index (χ2v) is 9.86. The second-order valence-electron chi connectivity index (χ2n) is 9.42. The largest absolute Gasteiger partial charge is 0.465 e. The van der Waals surface area contributed by atoms with Crippen LogP contribution in [-0.4, -0.2) is 52.3 Å². The number of amides is 2. The molecule has 7 nitrogen and oxygen atoms in total. The maximum atomic E-state index is 13.8. The molecule has 1 fully saturated rings. The number of halogens is 1. The fourth-order valence-electron chi connectivity index (χ4n) is 5.53. The Labute approximate surface area is 218 Å². The summed E-state index contributed by atoms with van der Waals surface area (Å²) in [5.41, 5.74) is 5.05. The molecule has 6 rings (SSSR count). The average Bonchev–Trinajstić information content (AvgIpc) is 3.29. The molecular weight excluding hydrogens is 490 g/mol. The molecule has 8 heteroatoms. The first kappa shape index (κ1) is 23.3. The number of rotatable bonds is 4. The Kier molecular flexibility index (Phi) is 5.72. The number of para-hydroxylation sites is 1. The molecule has 0 radical (unpaired) electrons. The van der Waals surface area contributed by atoms with E-state index >= 15 is 0 Å². The normalized spacial score (nSPS) is 19.1. The first-order valence-corrected chi connectivity index (χ1v) is 12.4. The van der Waals surface area contributed by atoms with Crippen LogP contribution < -0.4 is 0 Å². The van der Waals surface area contributed by atoms with Gasteiger partial charge in [-0.05, 0) is 47.0 Å². The van der Waals surface area contributed by atoms with Gasteiger partial charge in [0.05, 0.1) is 18.7 Å². The first-order chi connectivity index (χ1) is 17.9. The Bertz CT molecular complexity index is 1530. The van der Waals surface area contributed by atoms with E-state index in [0.29, 0.717) is 23.6 Å². The minimum absolute atomic E-state index is 0.00966. The zero-order valence-electron chi connectivity index (χ0n) is 20.1. The highest BCUT2D eigenvalue weighted by Gasteiger charge is 2.48. The Balaban J connectivity index is 1.42. The van der Waals surface area contributed by atoms with E-state index in [1.54, 1.807) is 34.1 Å². The van der Waals surface area contributed by atoms with Gasteiger partial charge in [-0.3, -0.25) is 9.59 Å². The molecule has 186 valence electrons. The number of hydrogen-bond acceptors (Lipinski definition) is 4. The fraction of sp³-hybridized carbons (Fsp3) is 0.207. The zero-order valence-corrected chi connectivity index (χ0v) is 20.9. The van der Waals surface area contributed by atoms with Gasteiger partial charge in [-0.1, -0.05) is 54.1 Å². The molecule has 2 amide bonds. The van der Waals surface area contributed by atoms with Gasteiger partial charge in [0.1, 0.15) is 12.6 Å². The molecule has 2 atom stereocenters. The third kappa shape index (κ3) is 3.96. The van der Waals surface area contributed by atoms with Crippen LogP contribution in [0.5, 0.6) is 0 Å². The Morgan fingerprint density at radius 3 is 2.49 bits per heavy atom. The first-order valence-electron chi connectivity index (χ1n) is 12.1. The highest BCUT2D eigenvalue weighted by molar-refractivity contribution is 6.30. The number of nitrogens with one attached hydrogen (secondary N) is 1. The lowest BCUT2D eigenvalue weighted by molar-refractivity contribution is -0.159. The highest BCUT2D eigenvalue weighted by Crippen LogP contribution is 2.42. The molecule has 0 unspecified atom stereocenters. The minimum atomic E-state index is -0.634. The quantitative estimate of drug-likeness (QED) is 0.407. The molecular formula is C29H24ClN3O4. The van der Waals surface area contributed by atoms with Crippen LogP contribution in [0.25, 0.3) is 10.9 Å². The zero-order chi connectivity index (χ0) is 25.7. The lowest BCUT2D eigenvalue weighted by Gasteiger charge is -2.47. The van der Waals surface area contributed by atoms with E-state index in [0.717, 1.165) is 33.3 Å². The van der Waals surface area contributed by atoms with Crippen LogP contribution in [-0.2, 0) is 27.3 Å². The number of fused-ring (bicyclic) bond motifs is 4. The standard InChI is InChI=1S/C29H24ClN3O4/c1-37-29(36)19-10-8-18(9-11-19)27-26-22(21-4-2-3-5-23(21)31-26)14-24-28(35)32(16-25(34)33(24)27)15-17-6-12-20(30)13-7-17/h2-13,24,27,31H,14-16H2,1H3/t24-,27+/m0/s1. The molecule has 37 heavy (non-hydrogen) atoms. The van der Waals surface area contributed by atoms with E-state index in [4.69, 9.17) is 16.3 Å². The van der Waals surface area contributed by atoms with Crippen LogP contribution in [0.2, 0.25) is 5.02 Å². The maximum absolute atomic E-state index is 13.8. The fourth-order valence-corrected chi connectivity index (χ4v) is 5.66. The number of piperazine rings is 1. The van der Waals surface area contributed by atoms with E-state index in [1.165, 1.54) is 7.11 Å². The Morgan fingerprint density at radius 2 is 1.76 bits per heavy atom. The predicted molar refractivity (Wildman–Crippen MR) is 139 cm³/mol. The van der Waals surface area contributed by atoms with Crippen molar-refractivity contribution in [2.24, 2.45) is 0 Å². The summed E-state index contributed by atoms with van der Waals surface area (Å²) in [6.07, 6.45) is 0.428. The summed E-state index contributed by atoms with van der Waals surface area (Å²) in [6.45, 7) is 0.329. The summed E-state index contributed by atoms with van der Waals surface area (Å²) in [5.74, 6) is -0.631. The monoisotopic (exact) mass is 513 g/mol. The molecule has 0 spiro atoms. The van der Waals surface area contributed by atoms with Crippen molar-refractivity contribution in [3.8, 4) is 0 Å². The highest BCUT2D eigenvalue weighted by atomic mass is 35.5. The number of nitrogens with zero attached hydrogens (tertiary/aromatic N) is 2. The molecule has 2 aliphatic rings. The van der Waals surface area contributed by atoms with Crippen molar-refractivity contribution in [3.05, 3.63) is 106 Å². The van der Waals surface area contributed by atoms with Crippen molar-refractivity contribution in [2.75, 3.05) is 13.7 Å². The molecule has 3 heterocycles. The molecule has 1 saturated heterocycles. The molecule has 0 aliphatic carbocycles. The lowest BCUT2D eigenvalue weighted by atomic mass is 9.86. The van der Waals surface area contributed by atoms with Crippen LogP contribution in [0.3, 0.4) is 0 Å². The number of carbonyl (C=O) groups excluding carboxylic acids is 3. The van der Waals surface area contributed by atoms with Gasteiger partial charge in [0.2, 0.25) is 11.8 Å². The van der Waals surface area contributed by atoms with Crippen LogP contribution >= 0.6 is 11.6 Å². The van der Waals surface area contributed by atoms with E-state index < -0.39 is 18.1 Å².